The van der Waals surface area contributed by atoms with Crippen molar-refractivity contribution in [2.45, 2.75) is 0 Å². The van der Waals surface area contributed by atoms with Gasteiger partial charge in [-0.3, -0.25) is 5.10 Å². The molecule has 0 unspecified atom stereocenters. The summed E-state index contributed by atoms with van der Waals surface area (Å²) in [6.45, 7) is 0. The van der Waals surface area contributed by atoms with Crippen LogP contribution < -0.4 is 5.73 Å². The van der Waals surface area contributed by atoms with E-state index < -0.39 is 0 Å². The summed E-state index contributed by atoms with van der Waals surface area (Å²) < 4.78 is 14.9. The Hall–Kier alpha value is -1.85. The topological polar surface area (TPSA) is 54.7 Å². The molecule has 0 atom stereocenters. The van der Waals surface area contributed by atoms with Gasteiger partial charge in [-0.05, 0) is 24.3 Å². The van der Waals surface area contributed by atoms with Crippen LogP contribution in [-0.2, 0) is 0 Å². The highest BCUT2D eigenvalue weighted by Crippen LogP contribution is 2.39. The van der Waals surface area contributed by atoms with E-state index in [-0.39, 0.29) is 11.6 Å². The number of halogens is 3. The molecule has 1 heterocycles. The Balaban J connectivity index is 2.27. The first-order chi connectivity index (χ1) is 10.1. The second kappa shape index (κ2) is 5.50. The lowest BCUT2D eigenvalue weighted by atomic mass is 10.0. The van der Waals surface area contributed by atoms with Gasteiger partial charge in [0.05, 0.1) is 11.3 Å². The lowest BCUT2D eigenvalue weighted by molar-refractivity contribution is 0.630. The summed E-state index contributed by atoms with van der Waals surface area (Å²) in [6, 6.07) is 11.9. The summed E-state index contributed by atoms with van der Waals surface area (Å²) in [5, 5.41) is 7.31. The highest BCUT2D eigenvalue weighted by Gasteiger charge is 2.19. The lowest BCUT2D eigenvalue weighted by Crippen LogP contribution is -1.91. The molecular weight excluding hydrogens is 357 g/mol. The largest absolute Gasteiger partial charge is 0.382 e. The van der Waals surface area contributed by atoms with E-state index in [1.54, 1.807) is 18.2 Å². The molecule has 0 aliphatic carbocycles. The highest BCUT2D eigenvalue weighted by molar-refractivity contribution is 9.10. The molecule has 0 spiro atoms. The van der Waals surface area contributed by atoms with Crippen LogP contribution >= 0.6 is 27.5 Å². The minimum atomic E-state index is -0.366. The number of aromatic nitrogens is 2. The second-order valence-corrected chi connectivity index (χ2v) is 5.79. The number of benzene rings is 2. The van der Waals surface area contributed by atoms with Crippen molar-refractivity contribution in [1.82, 2.24) is 10.2 Å². The Kier molecular flexibility index (Phi) is 3.69. The minimum absolute atomic E-state index is 0.275. The van der Waals surface area contributed by atoms with E-state index in [1.165, 1.54) is 6.07 Å². The van der Waals surface area contributed by atoms with Crippen molar-refractivity contribution in [3.63, 3.8) is 0 Å². The number of nitrogens with one attached hydrogen (secondary N) is 1. The van der Waals surface area contributed by atoms with Crippen LogP contribution in [0.3, 0.4) is 0 Å². The summed E-state index contributed by atoms with van der Waals surface area (Å²) in [5.74, 6) is -0.0902. The van der Waals surface area contributed by atoms with Gasteiger partial charge < -0.3 is 5.73 Å². The van der Waals surface area contributed by atoms with Gasteiger partial charge in [0.15, 0.2) is 5.82 Å². The van der Waals surface area contributed by atoms with Crippen molar-refractivity contribution >= 4 is 33.3 Å². The molecule has 1 aromatic heterocycles. The smallest absolute Gasteiger partial charge is 0.153 e. The summed E-state index contributed by atoms with van der Waals surface area (Å²) >= 11 is 9.56. The van der Waals surface area contributed by atoms with Crippen molar-refractivity contribution in [2.24, 2.45) is 0 Å². The Bertz CT molecular complexity index is 816. The highest BCUT2D eigenvalue weighted by atomic mass is 79.9. The number of H-pyrrole nitrogens is 1. The SMILES string of the molecule is Nc1n[nH]c(-c2cc(Br)ccc2F)c1-c1ccccc1Cl. The van der Waals surface area contributed by atoms with E-state index in [4.69, 9.17) is 17.3 Å². The quantitative estimate of drug-likeness (QED) is 0.679. The minimum Gasteiger partial charge on any atom is -0.382 e. The molecule has 0 amide bonds. The molecule has 21 heavy (non-hydrogen) atoms. The Morgan fingerprint density at radius 2 is 1.90 bits per heavy atom. The van der Waals surface area contributed by atoms with Gasteiger partial charge in [-0.25, -0.2) is 4.39 Å². The number of nitrogen functional groups attached to an aromatic ring is 1. The van der Waals surface area contributed by atoms with Crippen molar-refractivity contribution in [3.8, 4) is 22.4 Å². The number of hydrogen-bond donors (Lipinski definition) is 2. The number of nitrogens with zero attached hydrogens (tertiary/aromatic N) is 1. The maximum Gasteiger partial charge on any atom is 0.153 e. The average Bonchev–Trinajstić information content (AvgIpc) is 2.84. The molecule has 6 heteroatoms. The molecule has 3 rings (SSSR count). The predicted octanol–water partition coefficient (Wildman–Crippen LogP) is 4.88. The summed E-state index contributed by atoms with van der Waals surface area (Å²) in [6.07, 6.45) is 0. The lowest BCUT2D eigenvalue weighted by Gasteiger charge is -2.08. The molecule has 0 bridgehead atoms. The molecule has 3 nitrogen and oxygen atoms in total. The van der Waals surface area contributed by atoms with E-state index in [0.29, 0.717) is 27.4 Å². The summed E-state index contributed by atoms with van der Waals surface area (Å²) in [7, 11) is 0. The number of nitrogens with two attached hydrogens (primary N) is 1. The van der Waals surface area contributed by atoms with Gasteiger partial charge in [-0.1, -0.05) is 45.7 Å². The fourth-order valence-electron chi connectivity index (χ4n) is 2.18. The number of hydrogen-bond acceptors (Lipinski definition) is 2. The zero-order valence-corrected chi connectivity index (χ0v) is 13.0. The molecule has 0 aliphatic rings. The van der Waals surface area contributed by atoms with Crippen LogP contribution in [0.5, 0.6) is 0 Å². The Labute approximate surface area is 134 Å². The van der Waals surface area contributed by atoms with E-state index in [0.717, 1.165) is 4.47 Å². The van der Waals surface area contributed by atoms with Crippen LogP contribution in [0.4, 0.5) is 10.2 Å². The maximum absolute atomic E-state index is 14.1. The Morgan fingerprint density at radius 1 is 1.14 bits per heavy atom. The normalized spacial score (nSPS) is 10.8. The van der Waals surface area contributed by atoms with Crippen LogP contribution in [0.15, 0.2) is 46.9 Å². The van der Waals surface area contributed by atoms with E-state index in [1.807, 2.05) is 18.2 Å². The molecule has 0 saturated heterocycles. The standard InChI is InChI=1S/C15H10BrClFN3/c16-8-5-6-12(18)10(7-8)14-13(15(19)21-20-14)9-3-1-2-4-11(9)17/h1-7H,(H3,19,20,21). The first kappa shape index (κ1) is 14.1. The van der Waals surface area contributed by atoms with Crippen LogP contribution in [0.25, 0.3) is 22.4 Å². The van der Waals surface area contributed by atoms with Gasteiger partial charge >= 0.3 is 0 Å². The number of aromatic amines is 1. The fourth-order valence-corrected chi connectivity index (χ4v) is 2.77. The molecule has 3 aromatic rings. The van der Waals surface area contributed by atoms with Crippen molar-refractivity contribution in [2.75, 3.05) is 5.73 Å². The van der Waals surface area contributed by atoms with Crippen LogP contribution in [0.2, 0.25) is 5.02 Å². The third-order valence-electron chi connectivity index (χ3n) is 3.14. The third kappa shape index (κ3) is 2.54. The molecule has 0 saturated carbocycles. The first-order valence-corrected chi connectivity index (χ1v) is 7.29. The van der Waals surface area contributed by atoms with Gasteiger partial charge in [0.25, 0.3) is 0 Å². The molecular formula is C15H10BrClFN3. The van der Waals surface area contributed by atoms with Crippen molar-refractivity contribution in [1.29, 1.82) is 0 Å². The first-order valence-electron chi connectivity index (χ1n) is 6.12. The van der Waals surface area contributed by atoms with Gasteiger partial charge in [0.2, 0.25) is 0 Å². The predicted molar refractivity (Wildman–Crippen MR) is 86.5 cm³/mol. The molecule has 106 valence electrons. The third-order valence-corrected chi connectivity index (χ3v) is 3.96. The van der Waals surface area contributed by atoms with Gasteiger partial charge in [-0.2, -0.15) is 5.10 Å². The molecule has 2 aromatic carbocycles. The van der Waals surface area contributed by atoms with Gasteiger partial charge in [0.1, 0.15) is 5.82 Å². The van der Waals surface area contributed by atoms with E-state index >= 15 is 0 Å². The van der Waals surface area contributed by atoms with Gasteiger partial charge in [0, 0.05) is 20.6 Å². The van der Waals surface area contributed by atoms with Crippen LogP contribution in [-0.4, -0.2) is 10.2 Å². The maximum atomic E-state index is 14.1. The zero-order chi connectivity index (χ0) is 15.0. The molecule has 3 N–H and O–H groups in total. The van der Waals surface area contributed by atoms with Crippen molar-refractivity contribution < 1.29 is 4.39 Å². The van der Waals surface area contributed by atoms with E-state index in [2.05, 4.69) is 26.1 Å². The van der Waals surface area contributed by atoms with Crippen molar-refractivity contribution in [3.05, 3.63) is 57.8 Å². The van der Waals surface area contributed by atoms with Gasteiger partial charge in [-0.15, -0.1) is 0 Å². The molecule has 0 fully saturated rings. The number of rotatable bonds is 2. The Morgan fingerprint density at radius 3 is 2.67 bits per heavy atom. The molecule has 0 radical (unpaired) electrons. The van der Waals surface area contributed by atoms with Crippen LogP contribution in [0.1, 0.15) is 0 Å². The fraction of sp³-hybridized carbons (Fsp3) is 0. The summed E-state index contributed by atoms with van der Waals surface area (Å²) in [4.78, 5) is 0. The zero-order valence-electron chi connectivity index (χ0n) is 10.7. The van der Waals surface area contributed by atoms with E-state index in [9.17, 15) is 4.39 Å². The second-order valence-electron chi connectivity index (χ2n) is 4.46. The summed E-state index contributed by atoms with van der Waals surface area (Å²) in [5.41, 5.74) is 8.11. The monoisotopic (exact) mass is 365 g/mol. The molecule has 0 aliphatic heterocycles. The number of anilines is 1. The van der Waals surface area contributed by atoms with Crippen LogP contribution in [0, 0.1) is 5.82 Å². The average molecular weight is 367 g/mol.